The second kappa shape index (κ2) is 7.53. The quantitative estimate of drug-likeness (QED) is 0.777. The molecule has 2 atom stereocenters. The number of benzene rings is 1. The Balaban J connectivity index is 2.73. The van der Waals surface area contributed by atoms with Crippen LogP contribution in [0.3, 0.4) is 0 Å². The normalized spacial score (nSPS) is 13.4. The number of esters is 1. The number of hydrogen-bond donors (Lipinski definition) is 1. The molecule has 0 heterocycles. The lowest BCUT2D eigenvalue weighted by atomic mass is 10.1. The van der Waals surface area contributed by atoms with E-state index in [0.717, 1.165) is 5.56 Å². The van der Waals surface area contributed by atoms with Gasteiger partial charge in [0.05, 0.1) is 7.11 Å². The minimum atomic E-state index is -0.711. The van der Waals surface area contributed by atoms with Gasteiger partial charge in [0.15, 0.2) is 0 Å². The highest BCUT2D eigenvalue weighted by Gasteiger charge is 2.24. The van der Waals surface area contributed by atoms with Crippen LogP contribution in [0.25, 0.3) is 0 Å². The predicted molar refractivity (Wildman–Crippen MR) is 70.6 cm³/mol. The third-order valence-corrected chi connectivity index (χ3v) is 2.81. The van der Waals surface area contributed by atoms with E-state index >= 15 is 0 Å². The Morgan fingerprint density at radius 1 is 1.21 bits per heavy atom. The van der Waals surface area contributed by atoms with Gasteiger partial charge in [0.2, 0.25) is 5.91 Å². The van der Waals surface area contributed by atoms with Crippen molar-refractivity contribution in [3.8, 4) is 0 Å². The lowest BCUT2D eigenvalue weighted by molar-refractivity contribution is -0.146. The molecule has 0 saturated carbocycles. The maximum absolute atomic E-state index is 11.8. The second-order valence-corrected chi connectivity index (χ2v) is 4.15. The van der Waals surface area contributed by atoms with Crippen LogP contribution in [0.15, 0.2) is 30.3 Å². The van der Waals surface area contributed by atoms with E-state index in [9.17, 15) is 9.59 Å². The SMILES string of the molecule is COC(=O)C(Cc1ccccc1)NC(=O)C(C)OC. The summed E-state index contributed by atoms with van der Waals surface area (Å²) in [5.74, 6) is -0.811. The van der Waals surface area contributed by atoms with Crippen molar-refractivity contribution in [1.82, 2.24) is 5.32 Å². The summed E-state index contributed by atoms with van der Waals surface area (Å²) in [4.78, 5) is 23.4. The van der Waals surface area contributed by atoms with Crippen LogP contribution < -0.4 is 5.32 Å². The molecule has 0 spiro atoms. The van der Waals surface area contributed by atoms with E-state index in [2.05, 4.69) is 5.32 Å². The third kappa shape index (κ3) is 4.71. The van der Waals surface area contributed by atoms with Crippen molar-refractivity contribution in [1.29, 1.82) is 0 Å². The molecule has 0 aliphatic carbocycles. The maximum Gasteiger partial charge on any atom is 0.328 e. The summed E-state index contributed by atoms with van der Waals surface area (Å²) < 4.78 is 9.62. The van der Waals surface area contributed by atoms with Crippen LogP contribution in [0.5, 0.6) is 0 Å². The largest absolute Gasteiger partial charge is 0.467 e. The van der Waals surface area contributed by atoms with Gasteiger partial charge in [-0.3, -0.25) is 4.79 Å². The van der Waals surface area contributed by atoms with Crippen molar-refractivity contribution in [2.24, 2.45) is 0 Å². The molecule has 104 valence electrons. The average molecular weight is 265 g/mol. The molecule has 1 aromatic carbocycles. The molecule has 19 heavy (non-hydrogen) atoms. The molecule has 0 radical (unpaired) electrons. The number of nitrogens with one attached hydrogen (secondary N) is 1. The summed E-state index contributed by atoms with van der Waals surface area (Å²) in [5.41, 5.74) is 0.947. The summed E-state index contributed by atoms with van der Waals surface area (Å²) in [5, 5.41) is 2.63. The van der Waals surface area contributed by atoms with Gasteiger partial charge in [-0.15, -0.1) is 0 Å². The van der Waals surface area contributed by atoms with Crippen molar-refractivity contribution in [3.63, 3.8) is 0 Å². The van der Waals surface area contributed by atoms with Crippen LogP contribution >= 0.6 is 0 Å². The van der Waals surface area contributed by atoms with E-state index in [1.807, 2.05) is 30.3 Å². The lowest BCUT2D eigenvalue weighted by Gasteiger charge is -2.18. The third-order valence-electron chi connectivity index (χ3n) is 2.81. The van der Waals surface area contributed by atoms with E-state index in [1.54, 1.807) is 6.92 Å². The first-order chi connectivity index (χ1) is 9.08. The first kappa shape index (κ1) is 15.2. The van der Waals surface area contributed by atoms with Gasteiger partial charge in [0.1, 0.15) is 12.1 Å². The predicted octanol–water partition coefficient (Wildman–Crippen LogP) is 0.922. The van der Waals surface area contributed by atoms with E-state index in [0.29, 0.717) is 6.42 Å². The standard InChI is InChI=1S/C14H19NO4/c1-10(18-2)13(16)15-12(14(17)19-3)9-11-7-5-4-6-8-11/h4-8,10,12H,9H2,1-3H3,(H,15,16). The summed E-state index contributed by atoms with van der Waals surface area (Å²) in [6.45, 7) is 1.62. The summed E-state index contributed by atoms with van der Waals surface area (Å²) >= 11 is 0. The van der Waals surface area contributed by atoms with Gasteiger partial charge < -0.3 is 14.8 Å². The number of hydrogen-bond acceptors (Lipinski definition) is 4. The molecule has 0 aliphatic heterocycles. The molecule has 0 fully saturated rings. The minimum Gasteiger partial charge on any atom is -0.467 e. The number of rotatable bonds is 6. The summed E-state index contributed by atoms with van der Waals surface area (Å²) in [6.07, 6.45) is -0.224. The molecule has 0 saturated heterocycles. The smallest absolute Gasteiger partial charge is 0.328 e. The fourth-order valence-electron chi connectivity index (χ4n) is 1.58. The Morgan fingerprint density at radius 2 is 1.84 bits per heavy atom. The van der Waals surface area contributed by atoms with E-state index < -0.39 is 18.1 Å². The Morgan fingerprint density at radius 3 is 2.37 bits per heavy atom. The zero-order chi connectivity index (χ0) is 14.3. The number of ether oxygens (including phenoxy) is 2. The van der Waals surface area contributed by atoms with Crippen molar-refractivity contribution in [3.05, 3.63) is 35.9 Å². The Kier molecular flexibility index (Phi) is 6.02. The van der Waals surface area contributed by atoms with Gasteiger partial charge in [0.25, 0.3) is 0 Å². The highest BCUT2D eigenvalue weighted by molar-refractivity contribution is 5.86. The molecule has 2 unspecified atom stereocenters. The topological polar surface area (TPSA) is 64.6 Å². The molecule has 0 aliphatic rings. The molecular weight excluding hydrogens is 246 g/mol. The fourth-order valence-corrected chi connectivity index (χ4v) is 1.58. The monoisotopic (exact) mass is 265 g/mol. The van der Waals surface area contributed by atoms with Gasteiger partial charge in [-0.2, -0.15) is 0 Å². The zero-order valence-electron chi connectivity index (χ0n) is 11.4. The van der Waals surface area contributed by atoms with Gasteiger partial charge in [0, 0.05) is 13.5 Å². The molecule has 1 rings (SSSR count). The average Bonchev–Trinajstić information content (AvgIpc) is 2.45. The van der Waals surface area contributed by atoms with Crippen molar-refractivity contribution in [2.45, 2.75) is 25.5 Å². The molecular formula is C14H19NO4. The zero-order valence-corrected chi connectivity index (χ0v) is 11.4. The highest BCUT2D eigenvalue weighted by Crippen LogP contribution is 2.05. The first-order valence-electron chi connectivity index (χ1n) is 6.03. The molecule has 1 N–H and O–H groups in total. The molecule has 0 aromatic heterocycles. The number of carbonyl (C=O) groups is 2. The number of methoxy groups -OCH3 is 2. The molecule has 1 amide bonds. The van der Waals surface area contributed by atoms with Crippen molar-refractivity contribution in [2.75, 3.05) is 14.2 Å². The van der Waals surface area contributed by atoms with E-state index in [-0.39, 0.29) is 5.91 Å². The van der Waals surface area contributed by atoms with Crippen LogP contribution in [0, 0.1) is 0 Å². The van der Waals surface area contributed by atoms with Crippen LogP contribution in [0.4, 0.5) is 0 Å². The number of amides is 1. The molecule has 0 bridgehead atoms. The van der Waals surface area contributed by atoms with E-state index in [1.165, 1.54) is 14.2 Å². The van der Waals surface area contributed by atoms with Gasteiger partial charge in [-0.05, 0) is 12.5 Å². The van der Waals surface area contributed by atoms with Crippen LogP contribution in [-0.4, -0.2) is 38.2 Å². The van der Waals surface area contributed by atoms with Crippen LogP contribution in [0.2, 0.25) is 0 Å². The van der Waals surface area contributed by atoms with Gasteiger partial charge >= 0.3 is 5.97 Å². The summed E-state index contributed by atoms with van der Waals surface area (Å²) in [6, 6.07) is 8.72. The van der Waals surface area contributed by atoms with Crippen molar-refractivity contribution >= 4 is 11.9 Å². The molecule has 5 nitrogen and oxygen atoms in total. The summed E-state index contributed by atoms with van der Waals surface area (Å²) in [7, 11) is 2.74. The Bertz CT molecular complexity index is 419. The fraction of sp³-hybridized carbons (Fsp3) is 0.429. The van der Waals surface area contributed by atoms with E-state index in [4.69, 9.17) is 9.47 Å². The maximum atomic E-state index is 11.8. The van der Waals surface area contributed by atoms with Crippen molar-refractivity contribution < 1.29 is 19.1 Å². The number of carbonyl (C=O) groups excluding carboxylic acids is 2. The lowest BCUT2D eigenvalue weighted by Crippen LogP contribution is -2.46. The van der Waals surface area contributed by atoms with Gasteiger partial charge in [-0.1, -0.05) is 30.3 Å². The second-order valence-electron chi connectivity index (χ2n) is 4.15. The molecule has 1 aromatic rings. The highest BCUT2D eigenvalue weighted by atomic mass is 16.5. The van der Waals surface area contributed by atoms with Crippen LogP contribution in [-0.2, 0) is 25.5 Å². The Hall–Kier alpha value is -1.88. The Labute approximate surface area is 112 Å². The first-order valence-corrected chi connectivity index (χ1v) is 6.03. The minimum absolute atomic E-state index is 0.339. The van der Waals surface area contributed by atoms with Gasteiger partial charge in [-0.25, -0.2) is 4.79 Å². The van der Waals surface area contributed by atoms with Crippen LogP contribution in [0.1, 0.15) is 12.5 Å². The molecule has 5 heteroatoms.